The van der Waals surface area contributed by atoms with Crippen molar-refractivity contribution in [2.45, 2.75) is 26.3 Å². The van der Waals surface area contributed by atoms with E-state index >= 15 is 0 Å². The number of nitrogen functional groups attached to an aromatic ring is 1. The molecule has 0 saturated heterocycles. The number of rotatable bonds is 4. The van der Waals surface area contributed by atoms with E-state index in [4.69, 9.17) is 10.5 Å². The number of nitrogens with zero attached hydrogens (tertiary/aromatic N) is 3. The van der Waals surface area contributed by atoms with Crippen LogP contribution in [0.4, 0.5) is 5.82 Å². The molecular formula is C13H18N4O. The lowest BCUT2D eigenvalue weighted by Crippen LogP contribution is -2.08. The van der Waals surface area contributed by atoms with Crippen molar-refractivity contribution in [1.29, 1.82) is 0 Å². The first-order valence-electron chi connectivity index (χ1n) is 5.93. The van der Waals surface area contributed by atoms with Crippen molar-refractivity contribution in [3.8, 4) is 5.75 Å². The predicted molar refractivity (Wildman–Crippen MR) is 70.6 cm³/mol. The summed E-state index contributed by atoms with van der Waals surface area (Å²) in [6.45, 7) is 4.83. The number of nitrogens with two attached hydrogens (primary N) is 1. The van der Waals surface area contributed by atoms with E-state index in [1.807, 2.05) is 28.9 Å². The lowest BCUT2D eigenvalue weighted by Gasteiger charge is -2.10. The number of ether oxygens (including phenoxy) is 1. The summed E-state index contributed by atoms with van der Waals surface area (Å²) in [4.78, 5) is 0. The minimum atomic E-state index is 0.304. The van der Waals surface area contributed by atoms with Gasteiger partial charge in [0.15, 0.2) is 5.82 Å². The Morgan fingerprint density at radius 2 is 1.94 bits per heavy atom. The maximum atomic E-state index is 5.83. The van der Waals surface area contributed by atoms with Gasteiger partial charge in [-0.2, -0.15) is 0 Å². The molecule has 0 bridgehead atoms. The van der Waals surface area contributed by atoms with Gasteiger partial charge in [-0.15, -0.1) is 5.10 Å². The van der Waals surface area contributed by atoms with E-state index in [0.717, 1.165) is 17.0 Å². The van der Waals surface area contributed by atoms with E-state index in [-0.39, 0.29) is 0 Å². The van der Waals surface area contributed by atoms with Crippen molar-refractivity contribution < 1.29 is 4.74 Å². The quantitative estimate of drug-likeness (QED) is 0.896. The molecule has 0 aliphatic rings. The number of hydrogen-bond acceptors (Lipinski definition) is 4. The van der Waals surface area contributed by atoms with E-state index in [1.165, 1.54) is 0 Å². The predicted octanol–water partition coefficient (Wildman–Crippen LogP) is 2.04. The second-order valence-electron chi connectivity index (χ2n) is 4.52. The normalized spacial score (nSPS) is 10.9. The average Bonchev–Trinajstić information content (AvgIpc) is 2.71. The molecule has 1 aromatic heterocycles. The molecule has 0 unspecified atom stereocenters. The van der Waals surface area contributed by atoms with Crippen LogP contribution in [0.3, 0.4) is 0 Å². The Labute approximate surface area is 107 Å². The van der Waals surface area contributed by atoms with Gasteiger partial charge >= 0.3 is 0 Å². The molecule has 1 aromatic carbocycles. The third kappa shape index (κ3) is 2.45. The van der Waals surface area contributed by atoms with Gasteiger partial charge in [0.2, 0.25) is 0 Å². The van der Waals surface area contributed by atoms with Gasteiger partial charge in [-0.3, -0.25) is 0 Å². The number of methoxy groups -OCH3 is 1. The van der Waals surface area contributed by atoms with Crippen LogP contribution in [0.25, 0.3) is 0 Å². The van der Waals surface area contributed by atoms with Crippen LogP contribution < -0.4 is 10.5 Å². The summed E-state index contributed by atoms with van der Waals surface area (Å²) in [5.74, 6) is 1.66. The molecule has 18 heavy (non-hydrogen) atoms. The van der Waals surface area contributed by atoms with Gasteiger partial charge in [-0.1, -0.05) is 31.2 Å². The highest BCUT2D eigenvalue weighted by molar-refractivity contribution is 5.36. The summed E-state index contributed by atoms with van der Waals surface area (Å²) < 4.78 is 6.98. The molecule has 0 saturated carbocycles. The molecule has 5 nitrogen and oxygen atoms in total. The van der Waals surface area contributed by atoms with Crippen molar-refractivity contribution in [2.24, 2.45) is 0 Å². The van der Waals surface area contributed by atoms with E-state index in [2.05, 4.69) is 24.2 Å². The molecular weight excluding hydrogens is 228 g/mol. The first kappa shape index (κ1) is 12.4. The van der Waals surface area contributed by atoms with E-state index in [9.17, 15) is 0 Å². The molecule has 0 aliphatic carbocycles. The van der Waals surface area contributed by atoms with Crippen molar-refractivity contribution in [2.75, 3.05) is 12.8 Å². The summed E-state index contributed by atoms with van der Waals surface area (Å²) in [5.41, 5.74) is 7.95. The Morgan fingerprint density at radius 3 is 2.50 bits per heavy atom. The SMILES string of the molecule is COc1ccc(Cn2nnc(N)c2C(C)C)cc1. The summed E-state index contributed by atoms with van der Waals surface area (Å²) >= 11 is 0. The molecule has 1 heterocycles. The summed E-state index contributed by atoms with van der Waals surface area (Å²) in [6, 6.07) is 7.90. The van der Waals surface area contributed by atoms with Crippen LogP contribution in [0.2, 0.25) is 0 Å². The smallest absolute Gasteiger partial charge is 0.169 e. The second-order valence-corrected chi connectivity index (χ2v) is 4.52. The fourth-order valence-electron chi connectivity index (χ4n) is 1.95. The molecule has 2 aromatic rings. The van der Waals surface area contributed by atoms with Crippen LogP contribution in [-0.4, -0.2) is 22.1 Å². The second kappa shape index (κ2) is 5.08. The van der Waals surface area contributed by atoms with Crippen molar-refractivity contribution >= 4 is 5.82 Å². The molecule has 0 spiro atoms. The summed E-state index contributed by atoms with van der Waals surface area (Å²) in [5, 5.41) is 8.02. The van der Waals surface area contributed by atoms with Gasteiger partial charge in [0.25, 0.3) is 0 Å². The van der Waals surface area contributed by atoms with Crippen LogP contribution >= 0.6 is 0 Å². The van der Waals surface area contributed by atoms with Crippen LogP contribution in [0.15, 0.2) is 24.3 Å². The molecule has 0 atom stereocenters. The molecule has 0 radical (unpaired) electrons. The number of aromatic nitrogens is 3. The average molecular weight is 246 g/mol. The number of hydrogen-bond donors (Lipinski definition) is 1. The van der Waals surface area contributed by atoms with Crippen molar-refractivity contribution in [3.05, 3.63) is 35.5 Å². The summed E-state index contributed by atoms with van der Waals surface area (Å²) in [7, 11) is 1.66. The molecule has 0 aliphatic heterocycles. The first-order chi connectivity index (χ1) is 8.61. The topological polar surface area (TPSA) is 66.0 Å². The molecule has 2 N–H and O–H groups in total. The van der Waals surface area contributed by atoms with E-state index < -0.39 is 0 Å². The minimum absolute atomic E-state index is 0.304. The zero-order valence-electron chi connectivity index (χ0n) is 10.9. The third-order valence-electron chi connectivity index (χ3n) is 2.84. The fraction of sp³-hybridized carbons (Fsp3) is 0.385. The largest absolute Gasteiger partial charge is 0.497 e. The van der Waals surface area contributed by atoms with Crippen molar-refractivity contribution in [3.63, 3.8) is 0 Å². The number of anilines is 1. The zero-order chi connectivity index (χ0) is 13.1. The maximum Gasteiger partial charge on any atom is 0.169 e. The lowest BCUT2D eigenvalue weighted by molar-refractivity contribution is 0.414. The van der Waals surface area contributed by atoms with Crippen LogP contribution in [0.1, 0.15) is 31.0 Å². The zero-order valence-corrected chi connectivity index (χ0v) is 10.9. The minimum Gasteiger partial charge on any atom is -0.497 e. The highest BCUT2D eigenvalue weighted by atomic mass is 16.5. The Bertz CT molecular complexity index is 516. The van der Waals surface area contributed by atoms with Crippen molar-refractivity contribution in [1.82, 2.24) is 15.0 Å². The standard InChI is InChI=1S/C13H18N4O/c1-9(2)12-13(14)15-16-17(12)8-10-4-6-11(18-3)7-5-10/h4-7,9H,8,14H2,1-3H3. The Hall–Kier alpha value is -2.04. The third-order valence-corrected chi connectivity index (χ3v) is 2.84. The molecule has 2 rings (SSSR count). The maximum absolute atomic E-state index is 5.83. The molecule has 5 heteroatoms. The Balaban J connectivity index is 2.23. The van der Waals surface area contributed by atoms with Gasteiger partial charge in [0, 0.05) is 0 Å². The van der Waals surface area contributed by atoms with Gasteiger partial charge in [0.1, 0.15) is 5.75 Å². The Morgan fingerprint density at radius 1 is 1.28 bits per heavy atom. The monoisotopic (exact) mass is 246 g/mol. The van der Waals surface area contributed by atoms with Gasteiger partial charge < -0.3 is 10.5 Å². The van der Waals surface area contributed by atoms with Crippen LogP contribution in [0, 0.1) is 0 Å². The molecule has 96 valence electrons. The molecule has 0 amide bonds. The number of benzene rings is 1. The highest BCUT2D eigenvalue weighted by Crippen LogP contribution is 2.20. The van der Waals surface area contributed by atoms with Crippen LogP contribution in [0.5, 0.6) is 5.75 Å². The Kier molecular flexibility index (Phi) is 3.50. The van der Waals surface area contributed by atoms with Gasteiger partial charge in [-0.05, 0) is 23.6 Å². The highest BCUT2D eigenvalue weighted by Gasteiger charge is 2.13. The first-order valence-corrected chi connectivity index (χ1v) is 5.93. The van der Waals surface area contributed by atoms with Gasteiger partial charge in [-0.25, -0.2) is 4.68 Å². The molecule has 0 fully saturated rings. The van der Waals surface area contributed by atoms with Crippen LogP contribution in [-0.2, 0) is 6.54 Å². The van der Waals surface area contributed by atoms with E-state index in [0.29, 0.717) is 18.3 Å². The lowest BCUT2D eigenvalue weighted by atomic mass is 10.1. The fourth-order valence-corrected chi connectivity index (χ4v) is 1.95. The summed E-state index contributed by atoms with van der Waals surface area (Å²) in [6.07, 6.45) is 0. The van der Waals surface area contributed by atoms with E-state index in [1.54, 1.807) is 7.11 Å². The van der Waals surface area contributed by atoms with Gasteiger partial charge in [0.05, 0.1) is 19.3 Å².